The number of rotatable bonds is 4. The molecule has 1 saturated carbocycles. The van der Waals surface area contributed by atoms with E-state index in [1.165, 1.54) is 11.4 Å². The molecule has 126 valence electrons. The van der Waals surface area contributed by atoms with Gasteiger partial charge in [0, 0.05) is 13.1 Å². The lowest BCUT2D eigenvalue weighted by molar-refractivity contribution is -0.145. The largest absolute Gasteiger partial charge is 0.481 e. The molecule has 0 aromatic carbocycles. The van der Waals surface area contributed by atoms with E-state index in [-0.39, 0.29) is 12.5 Å². The third kappa shape index (κ3) is 3.27. The molecule has 2 aliphatic rings. The van der Waals surface area contributed by atoms with Gasteiger partial charge in [0.05, 0.1) is 24.2 Å². The molecule has 7 nitrogen and oxygen atoms in total. The highest BCUT2D eigenvalue weighted by atomic mass is 32.2. The quantitative estimate of drug-likeness (QED) is 0.760. The summed E-state index contributed by atoms with van der Waals surface area (Å²) in [6.45, 7) is 2.16. The van der Waals surface area contributed by atoms with Crippen molar-refractivity contribution in [3.8, 4) is 0 Å². The predicted octanol–water partition coefficient (Wildman–Crippen LogP) is 0.700. The number of piperidine rings is 1. The van der Waals surface area contributed by atoms with Crippen molar-refractivity contribution in [2.75, 3.05) is 20.2 Å². The first-order chi connectivity index (χ1) is 10.3. The van der Waals surface area contributed by atoms with E-state index in [1.807, 2.05) is 6.92 Å². The molecule has 22 heavy (non-hydrogen) atoms. The van der Waals surface area contributed by atoms with Gasteiger partial charge < -0.3 is 9.84 Å². The molecule has 1 N–H and O–H groups in total. The summed E-state index contributed by atoms with van der Waals surface area (Å²) in [5, 5.41) is 8.40. The zero-order valence-electron chi connectivity index (χ0n) is 12.9. The molecule has 4 unspecified atom stereocenters. The van der Waals surface area contributed by atoms with E-state index in [1.54, 1.807) is 0 Å². The lowest BCUT2D eigenvalue weighted by Crippen LogP contribution is -2.50. The Bertz CT molecular complexity index is 546. The number of nitrogens with zero attached hydrogens (tertiary/aromatic N) is 1. The normalized spacial score (nSPS) is 33.5. The van der Waals surface area contributed by atoms with Crippen LogP contribution >= 0.6 is 0 Å². The van der Waals surface area contributed by atoms with Crippen molar-refractivity contribution >= 4 is 22.0 Å². The van der Waals surface area contributed by atoms with Gasteiger partial charge in [-0.2, -0.15) is 0 Å². The van der Waals surface area contributed by atoms with Crippen LogP contribution in [0.2, 0.25) is 0 Å². The fraction of sp³-hybridized carbons (Fsp3) is 0.857. The minimum absolute atomic E-state index is 0.00754. The predicted molar refractivity (Wildman–Crippen MR) is 78.5 cm³/mol. The Morgan fingerprint density at radius 2 is 1.91 bits per heavy atom. The van der Waals surface area contributed by atoms with E-state index in [9.17, 15) is 23.1 Å². The lowest BCUT2D eigenvalue weighted by atomic mass is 9.92. The van der Waals surface area contributed by atoms with Crippen molar-refractivity contribution in [1.29, 1.82) is 0 Å². The second-order valence-electron chi connectivity index (χ2n) is 6.34. The number of carbonyl (C=O) groups is 2. The SMILES string of the molecule is COC(=O)C1CCCC1S(=O)(=O)N1CC(C)CC(C(=O)O)C1. The van der Waals surface area contributed by atoms with Crippen molar-refractivity contribution in [1.82, 2.24) is 4.31 Å². The number of carboxylic acid groups (broad SMARTS) is 1. The van der Waals surface area contributed by atoms with E-state index in [0.29, 0.717) is 32.2 Å². The highest BCUT2D eigenvalue weighted by Crippen LogP contribution is 2.36. The molecule has 1 heterocycles. The zero-order chi connectivity index (χ0) is 16.5. The molecule has 8 heteroatoms. The first-order valence-corrected chi connectivity index (χ1v) is 9.07. The van der Waals surface area contributed by atoms with Gasteiger partial charge in [-0.1, -0.05) is 13.3 Å². The summed E-state index contributed by atoms with van der Waals surface area (Å²) in [7, 11) is -2.44. The fourth-order valence-electron chi connectivity index (χ4n) is 3.58. The van der Waals surface area contributed by atoms with Gasteiger partial charge in [-0.3, -0.25) is 9.59 Å². The van der Waals surface area contributed by atoms with Crippen LogP contribution in [0.5, 0.6) is 0 Å². The Morgan fingerprint density at radius 1 is 1.23 bits per heavy atom. The van der Waals surface area contributed by atoms with E-state index in [2.05, 4.69) is 0 Å². The molecule has 0 aromatic rings. The fourth-order valence-corrected chi connectivity index (χ4v) is 5.94. The zero-order valence-corrected chi connectivity index (χ0v) is 13.7. The molecular weight excluding hydrogens is 310 g/mol. The molecule has 4 atom stereocenters. The molecule has 0 radical (unpaired) electrons. The van der Waals surface area contributed by atoms with Crippen molar-refractivity contribution in [2.24, 2.45) is 17.8 Å². The van der Waals surface area contributed by atoms with E-state index >= 15 is 0 Å². The average molecular weight is 333 g/mol. The summed E-state index contributed by atoms with van der Waals surface area (Å²) in [6.07, 6.45) is 2.06. The van der Waals surface area contributed by atoms with Crippen LogP contribution in [0.1, 0.15) is 32.6 Å². The molecule has 0 bridgehead atoms. The lowest BCUT2D eigenvalue weighted by Gasteiger charge is -2.36. The summed E-state index contributed by atoms with van der Waals surface area (Å²) in [6, 6.07) is 0. The second kappa shape index (κ2) is 6.54. The number of hydrogen-bond acceptors (Lipinski definition) is 5. The van der Waals surface area contributed by atoms with Gasteiger partial charge in [0.15, 0.2) is 0 Å². The van der Waals surface area contributed by atoms with Gasteiger partial charge in [0.2, 0.25) is 10.0 Å². The minimum atomic E-state index is -3.70. The summed E-state index contributed by atoms with van der Waals surface area (Å²) in [4.78, 5) is 23.0. The highest BCUT2D eigenvalue weighted by molar-refractivity contribution is 7.89. The van der Waals surface area contributed by atoms with E-state index in [4.69, 9.17) is 4.74 Å². The van der Waals surface area contributed by atoms with Crippen LogP contribution < -0.4 is 0 Å². The maximum Gasteiger partial charge on any atom is 0.310 e. The Morgan fingerprint density at radius 3 is 2.50 bits per heavy atom. The van der Waals surface area contributed by atoms with Crippen LogP contribution in [0.25, 0.3) is 0 Å². The van der Waals surface area contributed by atoms with Crippen molar-refractivity contribution in [3.05, 3.63) is 0 Å². The van der Waals surface area contributed by atoms with Gasteiger partial charge in [-0.15, -0.1) is 0 Å². The average Bonchev–Trinajstić information content (AvgIpc) is 2.95. The number of carboxylic acids is 1. The van der Waals surface area contributed by atoms with E-state index in [0.717, 1.165) is 0 Å². The van der Waals surface area contributed by atoms with Crippen LogP contribution in [0.4, 0.5) is 0 Å². The monoisotopic (exact) mass is 333 g/mol. The maximum absolute atomic E-state index is 12.9. The molecule has 1 aliphatic heterocycles. The maximum atomic E-state index is 12.9. The number of hydrogen-bond donors (Lipinski definition) is 1. The third-order valence-electron chi connectivity index (χ3n) is 4.67. The van der Waals surface area contributed by atoms with Gasteiger partial charge in [0.1, 0.15) is 0 Å². The van der Waals surface area contributed by atoms with Crippen LogP contribution in [0.3, 0.4) is 0 Å². The molecule has 2 fully saturated rings. The standard InChI is InChI=1S/C14H23NO6S/c1-9-6-10(13(16)17)8-15(7-9)22(19,20)12-5-3-4-11(12)14(18)21-2/h9-12H,3-8H2,1-2H3,(H,16,17). The molecule has 0 spiro atoms. The smallest absolute Gasteiger partial charge is 0.310 e. The summed E-state index contributed by atoms with van der Waals surface area (Å²) >= 11 is 0. The highest BCUT2D eigenvalue weighted by Gasteiger charge is 2.46. The van der Waals surface area contributed by atoms with Gasteiger partial charge in [-0.25, -0.2) is 12.7 Å². The Labute approximate surface area is 130 Å². The number of aliphatic carboxylic acids is 1. The van der Waals surface area contributed by atoms with Crippen molar-refractivity contribution < 1.29 is 27.9 Å². The third-order valence-corrected chi connectivity index (χ3v) is 7.02. The molecule has 2 rings (SSSR count). The first-order valence-electron chi connectivity index (χ1n) is 7.57. The van der Waals surface area contributed by atoms with Crippen LogP contribution in [0.15, 0.2) is 0 Å². The Kier molecular flexibility index (Phi) is 5.11. The second-order valence-corrected chi connectivity index (χ2v) is 8.49. The van der Waals surface area contributed by atoms with Crippen molar-refractivity contribution in [3.63, 3.8) is 0 Å². The minimum Gasteiger partial charge on any atom is -0.481 e. The first kappa shape index (κ1) is 17.2. The van der Waals surface area contributed by atoms with Crippen LogP contribution in [-0.4, -0.2) is 55.2 Å². The number of esters is 1. The van der Waals surface area contributed by atoms with E-state index < -0.39 is 39.0 Å². The summed E-state index contributed by atoms with van der Waals surface area (Å²) in [5.74, 6) is -2.80. The molecule has 1 aliphatic carbocycles. The summed E-state index contributed by atoms with van der Waals surface area (Å²) < 4.78 is 31.7. The number of ether oxygens (including phenoxy) is 1. The molecular formula is C14H23NO6S. The molecule has 1 saturated heterocycles. The van der Waals surface area contributed by atoms with Crippen molar-refractivity contribution in [2.45, 2.75) is 37.9 Å². The Hall–Kier alpha value is -1.15. The van der Waals surface area contributed by atoms with Crippen LogP contribution in [-0.2, 0) is 24.3 Å². The topological polar surface area (TPSA) is 101 Å². The Balaban J connectivity index is 2.21. The van der Waals surface area contributed by atoms with Gasteiger partial charge >= 0.3 is 11.9 Å². The number of methoxy groups -OCH3 is 1. The van der Waals surface area contributed by atoms with Crippen LogP contribution in [0, 0.1) is 17.8 Å². The summed E-state index contributed by atoms with van der Waals surface area (Å²) in [5.41, 5.74) is 0. The number of carbonyl (C=O) groups excluding carboxylic acids is 1. The van der Waals surface area contributed by atoms with Gasteiger partial charge in [0.25, 0.3) is 0 Å². The molecule has 0 amide bonds. The number of sulfonamides is 1. The van der Waals surface area contributed by atoms with Gasteiger partial charge in [-0.05, 0) is 25.2 Å². The molecule has 0 aromatic heterocycles.